The fraction of sp³-hybridized carbons (Fsp3) is 0.571. The van der Waals surface area contributed by atoms with Gasteiger partial charge in [-0.2, -0.15) is 0 Å². The molecule has 0 aliphatic rings. The molecule has 0 amide bonds. The molecule has 2 atom stereocenters. The highest BCUT2D eigenvalue weighted by Gasteiger charge is 2.13. The Morgan fingerprint density at radius 2 is 1.94 bits per heavy atom. The first kappa shape index (κ1) is 13.0. The minimum Gasteiger partial charge on any atom is -0.489 e. The monoisotopic (exact) mass is 221 g/mol. The van der Waals surface area contributed by atoms with Crippen LogP contribution in [0.15, 0.2) is 18.2 Å². The Kier molecular flexibility index (Phi) is 4.81. The number of ether oxygens (including phenoxy) is 1. The Balaban J connectivity index is 2.65. The van der Waals surface area contributed by atoms with E-state index in [1.165, 1.54) is 11.1 Å². The number of hydrogen-bond acceptors (Lipinski definition) is 2. The second kappa shape index (κ2) is 5.90. The Labute approximate surface area is 99.0 Å². The molecule has 1 aromatic carbocycles. The Bertz CT molecular complexity index is 336. The summed E-state index contributed by atoms with van der Waals surface area (Å²) in [6.45, 7) is 11.5. The molecule has 16 heavy (non-hydrogen) atoms. The van der Waals surface area contributed by atoms with E-state index < -0.39 is 0 Å². The summed E-state index contributed by atoms with van der Waals surface area (Å²) in [7, 11) is 0. The lowest BCUT2D eigenvalue weighted by molar-refractivity contribution is 0.178. The van der Waals surface area contributed by atoms with Crippen molar-refractivity contribution in [3.8, 4) is 5.75 Å². The molecule has 1 aromatic rings. The molecule has 0 bridgehead atoms. The van der Waals surface area contributed by atoms with Crippen LogP contribution in [0.3, 0.4) is 0 Å². The quantitative estimate of drug-likeness (QED) is 0.825. The molecule has 0 radical (unpaired) electrons. The molecule has 2 heteroatoms. The summed E-state index contributed by atoms with van der Waals surface area (Å²) in [5.41, 5.74) is 2.48. The van der Waals surface area contributed by atoms with E-state index in [0.29, 0.717) is 6.04 Å². The van der Waals surface area contributed by atoms with Gasteiger partial charge in [0.2, 0.25) is 0 Å². The van der Waals surface area contributed by atoms with Gasteiger partial charge < -0.3 is 10.1 Å². The van der Waals surface area contributed by atoms with E-state index in [2.05, 4.69) is 58.1 Å². The molecule has 0 saturated carbocycles. The molecule has 90 valence electrons. The molecule has 0 spiro atoms. The normalized spacial score (nSPS) is 14.6. The highest BCUT2D eigenvalue weighted by atomic mass is 16.5. The van der Waals surface area contributed by atoms with Crippen LogP contribution in [0.4, 0.5) is 0 Å². The summed E-state index contributed by atoms with van der Waals surface area (Å²) in [6, 6.07) is 6.66. The third-order valence-corrected chi connectivity index (χ3v) is 2.87. The third kappa shape index (κ3) is 3.53. The van der Waals surface area contributed by atoms with E-state index >= 15 is 0 Å². The standard InChI is InChI=1S/C14H23NO/c1-6-15-12(4)13(5)16-14-8-7-10(2)9-11(14)3/h7-9,12-13,15H,6H2,1-5H3. The zero-order chi connectivity index (χ0) is 12.1. The largest absolute Gasteiger partial charge is 0.489 e. The van der Waals surface area contributed by atoms with Crippen molar-refractivity contribution >= 4 is 0 Å². The van der Waals surface area contributed by atoms with E-state index in [4.69, 9.17) is 4.74 Å². The number of aryl methyl sites for hydroxylation is 2. The number of nitrogens with one attached hydrogen (secondary N) is 1. The van der Waals surface area contributed by atoms with Crippen molar-refractivity contribution in [1.29, 1.82) is 0 Å². The van der Waals surface area contributed by atoms with Crippen LogP contribution in [0.5, 0.6) is 5.75 Å². The molecule has 0 aliphatic carbocycles. The minimum absolute atomic E-state index is 0.182. The number of rotatable bonds is 5. The average molecular weight is 221 g/mol. The van der Waals surface area contributed by atoms with Gasteiger partial charge in [0.05, 0.1) is 0 Å². The molecule has 2 unspecified atom stereocenters. The van der Waals surface area contributed by atoms with E-state index in [0.717, 1.165) is 12.3 Å². The van der Waals surface area contributed by atoms with Crippen molar-refractivity contribution < 1.29 is 4.74 Å². The summed E-state index contributed by atoms with van der Waals surface area (Å²) in [4.78, 5) is 0. The Hall–Kier alpha value is -1.02. The van der Waals surface area contributed by atoms with E-state index in [-0.39, 0.29) is 6.10 Å². The molecule has 1 N–H and O–H groups in total. The molecule has 2 nitrogen and oxygen atoms in total. The zero-order valence-electron chi connectivity index (χ0n) is 11.0. The van der Waals surface area contributed by atoms with Crippen LogP contribution < -0.4 is 10.1 Å². The van der Waals surface area contributed by atoms with Gasteiger partial charge in [-0.3, -0.25) is 0 Å². The fourth-order valence-corrected chi connectivity index (χ4v) is 1.72. The number of likely N-dealkylation sites (N-methyl/N-ethyl adjacent to an activating group) is 1. The summed E-state index contributed by atoms with van der Waals surface area (Å²) in [6.07, 6.45) is 0.182. The molecule has 0 fully saturated rings. The maximum atomic E-state index is 5.95. The van der Waals surface area contributed by atoms with E-state index in [1.54, 1.807) is 0 Å². The smallest absolute Gasteiger partial charge is 0.122 e. The van der Waals surface area contributed by atoms with Crippen molar-refractivity contribution in [3.05, 3.63) is 29.3 Å². The van der Waals surface area contributed by atoms with Crippen LogP contribution in [-0.4, -0.2) is 18.7 Å². The van der Waals surface area contributed by atoms with E-state index in [9.17, 15) is 0 Å². The van der Waals surface area contributed by atoms with Crippen molar-refractivity contribution in [2.75, 3.05) is 6.54 Å². The minimum atomic E-state index is 0.182. The van der Waals surface area contributed by atoms with Gasteiger partial charge in [-0.25, -0.2) is 0 Å². The third-order valence-electron chi connectivity index (χ3n) is 2.87. The Morgan fingerprint density at radius 3 is 2.50 bits per heavy atom. The highest BCUT2D eigenvalue weighted by Crippen LogP contribution is 2.20. The van der Waals surface area contributed by atoms with Crippen LogP contribution >= 0.6 is 0 Å². The van der Waals surface area contributed by atoms with Gasteiger partial charge in [0.25, 0.3) is 0 Å². The summed E-state index contributed by atoms with van der Waals surface area (Å²) >= 11 is 0. The van der Waals surface area contributed by atoms with Crippen LogP contribution in [0.25, 0.3) is 0 Å². The summed E-state index contributed by atoms with van der Waals surface area (Å²) in [5.74, 6) is 0.989. The van der Waals surface area contributed by atoms with Gasteiger partial charge in [-0.1, -0.05) is 24.6 Å². The van der Waals surface area contributed by atoms with Crippen molar-refractivity contribution in [1.82, 2.24) is 5.32 Å². The molecule has 0 aliphatic heterocycles. The van der Waals surface area contributed by atoms with Crippen LogP contribution in [0.1, 0.15) is 31.9 Å². The maximum absolute atomic E-state index is 5.95. The Morgan fingerprint density at radius 1 is 1.25 bits per heavy atom. The first-order valence-corrected chi connectivity index (χ1v) is 6.02. The molecule has 1 rings (SSSR count). The van der Waals surface area contributed by atoms with Gasteiger partial charge >= 0.3 is 0 Å². The second-order valence-corrected chi connectivity index (χ2v) is 4.44. The van der Waals surface area contributed by atoms with Crippen LogP contribution in [0.2, 0.25) is 0 Å². The van der Waals surface area contributed by atoms with Gasteiger partial charge in [-0.15, -0.1) is 0 Å². The average Bonchev–Trinajstić information content (AvgIpc) is 2.22. The number of benzene rings is 1. The van der Waals surface area contributed by atoms with Crippen molar-refractivity contribution in [3.63, 3.8) is 0 Å². The zero-order valence-corrected chi connectivity index (χ0v) is 11.0. The van der Waals surface area contributed by atoms with Gasteiger partial charge in [0, 0.05) is 6.04 Å². The first-order chi connectivity index (χ1) is 7.54. The summed E-state index contributed by atoms with van der Waals surface area (Å²) in [5, 5.41) is 3.37. The first-order valence-electron chi connectivity index (χ1n) is 6.02. The lowest BCUT2D eigenvalue weighted by Gasteiger charge is -2.23. The molecule has 0 heterocycles. The fourth-order valence-electron chi connectivity index (χ4n) is 1.72. The molecular formula is C14H23NO. The molecule has 0 aromatic heterocycles. The predicted molar refractivity (Wildman–Crippen MR) is 69.1 cm³/mol. The van der Waals surface area contributed by atoms with Crippen LogP contribution in [0, 0.1) is 13.8 Å². The highest BCUT2D eigenvalue weighted by molar-refractivity contribution is 5.35. The van der Waals surface area contributed by atoms with Gasteiger partial charge in [0.15, 0.2) is 0 Å². The van der Waals surface area contributed by atoms with Crippen LogP contribution in [-0.2, 0) is 0 Å². The predicted octanol–water partition coefficient (Wildman–Crippen LogP) is 3.07. The van der Waals surface area contributed by atoms with Gasteiger partial charge in [0.1, 0.15) is 11.9 Å². The topological polar surface area (TPSA) is 21.3 Å². The van der Waals surface area contributed by atoms with E-state index in [1.807, 2.05) is 0 Å². The number of hydrogen-bond donors (Lipinski definition) is 1. The molecular weight excluding hydrogens is 198 g/mol. The van der Waals surface area contributed by atoms with Crippen molar-refractivity contribution in [2.45, 2.75) is 46.8 Å². The lowest BCUT2D eigenvalue weighted by Crippen LogP contribution is -2.38. The van der Waals surface area contributed by atoms with Crippen molar-refractivity contribution in [2.24, 2.45) is 0 Å². The summed E-state index contributed by atoms with van der Waals surface area (Å²) < 4.78 is 5.95. The van der Waals surface area contributed by atoms with Gasteiger partial charge in [-0.05, 0) is 45.9 Å². The molecule has 0 saturated heterocycles. The maximum Gasteiger partial charge on any atom is 0.122 e. The SMILES string of the molecule is CCNC(C)C(C)Oc1ccc(C)cc1C. The second-order valence-electron chi connectivity index (χ2n) is 4.44. The lowest BCUT2D eigenvalue weighted by atomic mass is 10.1.